The quantitative estimate of drug-likeness (QED) is 0.788. The van der Waals surface area contributed by atoms with Crippen molar-refractivity contribution in [2.75, 3.05) is 13.6 Å². The zero-order valence-corrected chi connectivity index (χ0v) is 12.9. The van der Waals surface area contributed by atoms with Crippen molar-refractivity contribution >= 4 is 12.0 Å². The normalized spacial score (nSPS) is 17.8. The summed E-state index contributed by atoms with van der Waals surface area (Å²) in [5.41, 5.74) is -0.508. The second-order valence-corrected chi connectivity index (χ2v) is 6.33. The Hall–Kier alpha value is -1.26. The number of nitrogens with zero attached hydrogens (tertiary/aromatic N) is 1. The van der Waals surface area contributed by atoms with E-state index >= 15 is 0 Å². The first-order chi connectivity index (χ1) is 9.37. The number of urea groups is 1. The lowest BCUT2D eigenvalue weighted by Crippen LogP contribution is -2.55. The molecule has 5 nitrogen and oxygen atoms in total. The molecule has 2 amide bonds. The molecule has 5 heteroatoms. The topological polar surface area (TPSA) is 69.6 Å². The van der Waals surface area contributed by atoms with Gasteiger partial charge in [0, 0.05) is 13.6 Å². The van der Waals surface area contributed by atoms with E-state index in [1.165, 1.54) is 0 Å². The van der Waals surface area contributed by atoms with E-state index in [1.807, 2.05) is 0 Å². The molecule has 0 saturated heterocycles. The molecule has 2 N–H and O–H groups in total. The number of carbonyl (C=O) groups excluding carboxylic acids is 1. The average Bonchev–Trinajstić information content (AvgIpc) is 2.37. The molecular formula is C15H28N2O3. The minimum absolute atomic E-state index is 0.0428. The van der Waals surface area contributed by atoms with Crippen LogP contribution in [0.5, 0.6) is 0 Å². The largest absolute Gasteiger partial charge is 0.481 e. The van der Waals surface area contributed by atoms with Gasteiger partial charge in [-0.1, -0.05) is 33.1 Å². The van der Waals surface area contributed by atoms with E-state index in [4.69, 9.17) is 5.11 Å². The smallest absolute Gasteiger partial charge is 0.317 e. The molecule has 20 heavy (non-hydrogen) atoms. The zero-order chi connectivity index (χ0) is 15.2. The van der Waals surface area contributed by atoms with Gasteiger partial charge in [-0.3, -0.25) is 4.79 Å². The summed E-state index contributed by atoms with van der Waals surface area (Å²) in [5.74, 6) is -0.281. The van der Waals surface area contributed by atoms with E-state index in [0.29, 0.717) is 12.5 Å². The number of carboxylic acid groups (broad SMARTS) is 1. The fourth-order valence-corrected chi connectivity index (χ4v) is 2.92. The minimum atomic E-state index is -0.825. The summed E-state index contributed by atoms with van der Waals surface area (Å²) < 4.78 is 0. The highest BCUT2D eigenvalue weighted by Crippen LogP contribution is 2.35. The third-order valence-electron chi connectivity index (χ3n) is 4.28. The van der Waals surface area contributed by atoms with Gasteiger partial charge in [0.1, 0.15) is 0 Å². The molecular weight excluding hydrogens is 256 g/mol. The Kier molecular flexibility index (Phi) is 6.30. The third kappa shape index (κ3) is 4.69. The van der Waals surface area contributed by atoms with Crippen LogP contribution < -0.4 is 5.32 Å². The van der Waals surface area contributed by atoms with Crippen LogP contribution in [0.15, 0.2) is 0 Å². The molecule has 0 atom stereocenters. The maximum atomic E-state index is 12.2. The molecule has 1 aliphatic carbocycles. The number of hydrogen-bond donors (Lipinski definition) is 2. The fraction of sp³-hybridized carbons (Fsp3) is 0.867. The molecule has 0 bridgehead atoms. The highest BCUT2D eigenvalue weighted by atomic mass is 16.4. The number of nitrogens with one attached hydrogen (secondary N) is 1. The number of carbonyl (C=O) groups is 2. The second-order valence-electron chi connectivity index (χ2n) is 6.33. The number of hydrogen-bond acceptors (Lipinski definition) is 2. The van der Waals surface area contributed by atoms with E-state index in [1.54, 1.807) is 11.9 Å². The summed E-state index contributed by atoms with van der Waals surface area (Å²) in [6.07, 6.45) is 5.67. The van der Waals surface area contributed by atoms with Crippen LogP contribution in [0, 0.1) is 5.92 Å². The van der Waals surface area contributed by atoms with E-state index < -0.39 is 11.5 Å². The van der Waals surface area contributed by atoms with Crippen LogP contribution in [-0.2, 0) is 4.79 Å². The van der Waals surface area contributed by atoms with E-state index in [0.717, 1.165) is 38.5 Å². The maximum Gasteiger partial charge on any atom is 0.317 e. The molecule has 1 saturated carbocycles. The maximum absolute atomic E-state index is 12.2. The summed E-state index contributed by atoms with van der Waals surface area (Å²) in [4.78, 5) is 25.0. The van der Waals surface area contributed by atoms with Gasteiger partial charge in [-0.15, -0.1) is 0 Å². The molecule has 0 aromatic heterocycles. The predicted molar refractivity (Wildman–Crippen MR) is 78.7 cm³/mol. The number of carboxylic acids is 1. The monoisotopic (exact) mass is 284 g/mol. The first kappa shape index (κ1) is 16.8. The van der Waals surface area contributed by atoms with Crippen LogP contribution in [-0.4, -0.2) is 41.1 Å². The first-order valence-corrected chi connectivity index (χ1v) is 7.61. The second kappa shape index (κ2) is 7.50. The van der Waals surface area contributed by atoms with Gasteiger partial charge in [-0.05, 0) is 25.2 Å². The zero-order valence-electron chi connectivity index (χ0n) is 12.9. The fourth-order valence-electron chi connectivity index (χ4n) is 2.92. The standard InChI is InChI=1S/C15H28N2O3/c1-12(2)7-10-16-14(20)17(3)15(11-13(18)19)8-5-4-6-9-15/h12H,4-11H2,1-3H3,(H,16,20)(H,18,19). The van der Waals surface area contributed by atoms with Gasteiger partial charge in [-0.25, -0.2) is 4.79 Å². The van der Waals surface area contributed by atoms with Crippen LogP contribution in [0.2, 0.25) is 0 Å². The molecule has 0 aromatic rings. The summed E-state index contributed by atoms with van der Waals surface area (Å²) in [6, 6.07) is -0.145. The molecule has 0 aliphatic heterocycles. The summed E-state index contributed by atoms with van der Waals surface area (Å²) in [7, 11) is 1.74. The lowest BCUT2D eigenvalue weighted by atomic mass is 9.78. The Bertz CT molecular complexity index is 336. The van der Waals surface area contributed by atoms with Crippen molar-refractivity contribution in [1.82, 2.24) is 10.2 Å². The van der Waals surface area contributed by atoms with Gasteiger partial charge >= 0.3 is 12.0 Å². The molecule has 1 aliphatic rings. The van der Waals surface area contributed by atoms with E-state index in [-0.39, 0.29) is 12.5 Å². The van der Waals surface area contributed by atoms with Crippen molar-refractivity contribution in [3.8, 4) is 0 Å². The van der Waals surface area contributed by atoms with Gasteiger partial charge in [0.2, 0.25) is 0 Å². The van der Waals surface area contributed by atoms with Crippen LogP contribution in [0.3, 0.4) is 0 Å². The van der Waals surface area contributed by atoms with Crippen LogP contribution in [0.4, 0.5) is 4.79 Å². The van der Waals surface area contributed by atoms with Gasteiger partial charge < -0.3 is 15.3 Å². The van der Waals surface area contributed by atoms with Crippen molar-refractivity contribution in [2.45, 2.75) is 64.3 Å². The van der Waals surface area contributed by atoms with Crippen LogP contribution >= 0.6 is 0 Å². The van der Waals surface area contributed by atoms with Crippen molar-refractivity contribution in [3.05, 3.63) is 0 Å². The summed E-state index contributed by atoms with van der Waals surface area (Å²) >= 11 is 0. The van der Waals surface area contributed by atoms with Crippen molar-refractivity contribution in [1.29, 1.82) is 0 Å². The van der Waals surface area contributed by atoms with Gasteiger partial charge in [0.15, 0.2) is 0 Å². The lowest BCUT2D eigenvalue weighted by molar-refractivity contribution is -0.140. The molecule has 0 unspecified atom stereocenters. The molecule has 116 valence electrons. The van der Waals surface area contributed by atoms with Gasteiger partial charge in [0.25, 0.3) is 0 Å². The Labute approximate surface area is 121 Å². The predicted octanol–water partition coefficient (Wildman–Crippen LogP) is 2.85. The Balaban J connectivity index is 2.64. The highest BCUT2D eigenvalue weighted by molar-refractivity contribution is 5.76. The molecule has 1 rings (SSSR count). The highest BCUT2D eigenvalue weighted by Gasteiger charge is 2.40. The third-order valence-corrected chi connectivity index (χ3v) is 4.28. The molecule has 0 spiro atoms. The molecule has 1 fully saturated rings. The van der Waals surface area contributed by atoms with Crippen LogP contribution in [0.25, 0.3) is 0 Å². The molecule has 0 aromatic carbocycles. The van der Waals surface area contributed by atoms with E-state index in [9.17, 15) is 9.59 Å². The Morgan fingerprint density at radius 1 is 1.25 bits per heavy atom. The summed E-state index contributed by atoms with van der Waals surface area (Å²) in [5, 5.41) is 12.1. The van der Waals surface area contributed by atoms with Crippen molar-refractivity contribution in [3.63, 3.8) is 0 Å². The number of rotatable bonds is 6. The van der Waals surface area contributed by atoms with Crippen molar-refractivity contribution in [2.24, 2.45) is 5.92 Å². The SMILES string of the molecule is CC(C)CCNC(=O)N(C)C1(CC(=O)O)CCCCC1. The molecule has 0 heterocycles. The van der Waals surface area contributed by atoms with E-state index in [2.05, 4.69) is 19.2 Å². The minimum Gasteiger partial charge on any atom is -0.481 e. The lowest BCUT2D eigenvalue weighted by Gasteiger charge is -2.43. The Morgan fingerprint density at radius 2 is 1.85 bits per heavy atom. The summed E-state index contributed by atoms with van der Waals surface area (Å²) in [6.45, 7) is 4.87. The van der Waals surface area contributed by atoms with Crippen LogP contribution in [0.1, 0.15) is 58.8 Å². The average molecular weight is 284 g/mol. The van der Waals surface area contributed by atoms with Gasteiger partial charge in [0.05, 0.1) is 12.0 Å². The first-order valence-electron chi connectivity index (χ1n) is 7.61. The number of amides is 2. The number of aliphatic carboxylic acids is 1. The molecule has 0 radical (unpaired) electrons. The van der Waals surface area contributed by atoms with Crippen molar-refractivity contribution < 1.29 is 14.7 Å². The Morgan fingerprint density at radius 3 is 2.35 bits per heavy atom. The van der Waals surface area contributed by atoms with Gasteiger partial charge in [-0.2, -0.15) is 0 Å².